The smallest absolute Gasteiger partial charge is 0.213 e. The summed E-state index contributed by atoms with van der Waals surface area (Å²) in [5.41, 5.74) is 12.1. The molecule has 3 nitrogen and oxygen atoms in total. The van der Waals surface area contributed by atoms with Crippen molar-refractivity contribution in [2.45, 2.75) is 0 Å². The highest BCUT2D eigenvalue weighted by atomic mass is 32.1. The molecule has 3 aromatic heterocycles. The van der Waals surface area contributed by atoms with E-state index in [-0.39, 0.29) is 0 Å². The van der Waals surface area contributed by atoms with Crippen LogP contribution in [0.1, 0.15) is 0 Å². The standard InChI is InChI=1S/C54H34N2OS/c1-2-13-41(14-3-1)56-48-32-27-40(34-47(48)52-46-16-6-8-19-50(46)57-54(52)56)37-25-30-43(31-26-37)55(49-18-10-17-45-44-15-7-9-20-51(44)58-53(45)49)42-28-23-36(24-29-42)39-22-21-35-11-4-5-12-38(35)33-39/h1-34H. The highest BCUT2D eigenvalue weighted by molar-refractivity contribution is 7.26. The molecule has 0 unspecified atom stereocenters. The molecule has 4 heteroatoms. The Labute approximate surface area is 338 Å². The molecule has 9 aromatic carbocycles. The molecule has 0 amide bonds. The molecule has 0 N–H and O–H groups in total. The summed E-state index contributed by atoms with van der Waals surface area (Å²) < 4.78 is 11.4. The number of benzene rings is 9. The summed E-state index contributed by atoms with van der Waals surface area (Å²) in [6.45, 7) is 0. The van der Waals surface area contributed by atoms with E-state index < -0.39 is 0 Å². The van der Waals surface area contributed by atoms with Gasteiger partial charge < -0.3 is 9.32 Å². The summed E-state index contributed by atoms with van der Waals surface area (Å²) >= 11 is 1.86. The summed E-state index contributed by atoms with van der Waals surface area (Å²) in [5.74, 6) is 0. The van der Waals surface area contributed by atoms with E-state index in [1.165, 1.54) is 53.1 Å². The molecule has 272 valence electrons. The van der Waals surface area contributed by atoms with Crippen LogP contribution in [0.15, 0.2) is 211 Å². The van der Waals surface area contributed by atoms with Gasteiger partial charge in [-0.3, -0.25) is 4.57 Å². The lowest BCUT2D eigenvalue weighted by atomic mass is 10.0. The summed E-state index contributed by atoms with van der Waals surface area (Å²) in [7, 11) is 0. The number of anilines is 3. The van der Waals surface area contributed by atoms with Gasteiger partial charge in [0, 0.05) is 43.3 Å². The van der Waals surface area contributed by atoms with E-state index in [1.54, 1.807) is 0 Å². The first-order valence-electron chi connectivity index (χ1n) is 19.7. The van der Waals surface area contributed by atoms with Gasteiger partial charge in [0.2, 0.25) is 5.71 Å². The molecule has 12 aromatic rings. The van der Waals surface area contributed by atoms with Crippen molar-refractivity contribution < 1.29 is 4.42 Å². The molecule has 0 aliphatic carbocycles. The molecule has 0 saturated carbocycles. The minimum atomic E-state index is 0.868. The third-order valence-corrected chi connectivity index (χ3v) is 12.8. The van der Waals surface area contributed by atoms with Crippen LogP contribution in [0.3, 0.4) is 0 Å². The van der Waals surface area contributed by atoms with Crippen LogP contribution in [0.25, 0.3) is 91.9 Å². The lowest BCUT2D eigenvalue weighted by Crippen LogP contribution is -2.10. The maximum absolute atomic E-state index is 6.55. The first-order chi connectivity index (χ1) is 28.7. The van der Waals surface area contributed by atoms with Crippen molar-refractivity contribution >= 4 is 92.3 Å². The van der Waals surface area contributed by atoms with E-state index in [1.807, 2.05) is 17.4 Å². The second kappa shape index (κ2) is 13.1. The maximum Gasteiger partial charge on any atom is 0.213 e. The van der Waals surface area contributed by atoms with E-state index in [9.17, 15) is 0 Å². The first kappa shape index (κ1) is 32.8. The molecule has 0 spiro atoms. The van der Waals surface area contributed by atoms with Crippen molar-refractivity contribution in [1.29, 1.82) is 0 Å². The second-order valence-corrected chi connectivity index (χ2v) is 16.0. The van der Waals surface area contributed by atoms with Crippen LogP contribution < -0.4 is 4.90 Å². The van der Waals surface area contributed by atoms with E-state index in [0.29, 0.717) is 0 Å². The van der Waals surface area contributed by atoms with Gasteiger partial charge in [0.15, 0.2) is 0 Å². The molecule has 0 saturated heterocycles. The zero-order valence-corrected chi connectivity index (χ0v) is 32.2. The molecule has 0 radical (unpaired) electrons. The van der Waals surface area contributed by atoms with Crippen LogP contribution in [0, 0.1) is 0 Å². The van der Waals surface area contributed by atoms with E-state index in [4.69, 9.17) is 4.42 Å². The third kappa shape index (κ3) is 5.19. The van der Waals surface area contributed by atoms with Gasteiger partial charge in [0.1, 0.15) is 5.58 Å². The Kier molecular flexibility index (Phi) is 7.40. The lowest BCUT2D eigenvalue weighted by Gasteiger charge is -2.26. The quantitative estimate of drug-likeness (QED) is 0.168. The Morgan fingerprint density at radius 1 is 0.431 bits per heavy atom. The van der Waals surface area contributed by atoms with Gasteiger partial charge in [-0.2, -0.15) is 0 Å². The molecule has 0 atom stereocenters. The number of thiophene rings is 1. The zero-order chi connectivity index (χ0) is 38.2. The van der Waals surface area contributed by atoms with Gasteiger partial charge in [-0.25, -0.2) is 0 Å². The van der Waals surface area contributed by atoms with Crippen molar-refractivity contribution in [1.82, 2.24) is 4.57 Å². The van der Waals surface area contributed by atoms with Gasteiger partial charge in [-0.15, -0.1) is 11.3 Å². The Hall–Kier alpha value is -7.40. The number of hydrogen-bond donors (Lipinski definition) is 0. The third-order valence-electron chi connectivity index (χ3n) is 11.6. The van der Waals surface area contributed by atoms with Crippen LogP contribution in [0.4, 0.5) is 17.1 Å². The Balaban J connectivity index is 0.986. The van der Waals surface area contributed by atoms with E-state index >= 15 is 0 Å². The van der Waals surface area contributed by atoms with E-state index in [0.717, 1.165) is 55.8 Å². The Morgan fingerprint density at radius 2 is 1.05 bits per heavy atom. The van der Waals surface area contributed by atoms with Gasteiger partial charge in [0.25, 0.3) is 0 Å². The SMILES string of the molecule is c1ccc(-n2c3ccc(-c4ccc(N(c5ccc(-c6ccc7ccccc7c6)cc5)c5cccc6c5sc5ccccc56)cc4)cc3c3c4ccccc4oc32)cc1. The average Bonchev–Trinajstić information content (AvgIpc) is 3.96. The fraction of sp³-hybridized carbons (Fsp3) is 0. The zero-order valence-electron chi connectivity index (χ0n) is 31.3. The molecule has 0 aliphatic heterocycles. The maximum atomic E-state index is 6.55. The number of hydrogen-bond acceptors (Lipinski definition) is 3. The van der Waals surface area contributed by atoms with E-state index in [2.05, 4.69) is 210 Å². The molecule has 12 rings (SSSR count). The van der Waals surface area contributed by atoms with Crippen LogP contribution in [-0.2, 0) is 0 Å². The molecule has 0 bridgehead atoms. The predicted octanol–water partition coefficient (Wildman–Crippen LogP) is 15.9. The summed E-state index contributed by atoms with van der Waals surface area (Å²) in [6, 6.07) is 74.4. The van der Waals surface area contributed by atoms with Crippen molar-refractivity contribution in [3.05, 3.63) is 206 Å². The normalized spacial score (nSPS) is 11.8. The molecule has 0 fully saturated rings. The first-order valence-corrected chi connectivity index (χ1v) is 20.5. The second-order valence-electron chi connectivity index (χ2n) is 14.9. The molecule has 0 aliphatic rings. The lowest BCUT2D eigenvalue weighted by molar-refractivity contribution is 0.645. The summed E-state index contributed by atoms with van der Waals surface area (Å²) in [6.07, 6.45) is 0. The minimum absolute atomic E-state index is 0.868. The van der Waals surface area contributed by atoms with Crippen LogP contribution in [0.2, 0.25) is 0 Å². The molecular formula is C54H34N2OS. The average molecular weight is 759 g/mol. The van der Waals surface area contributed by atoms with Crippen molar-refractivity contribution in [3.63, 3.8) is 0 Å². The predicted molar refractivity (Wildman–Crippen MR) is 247 cm³/mol. The number of fused-ring (bicyclic) bond motifs is 9. The fourth-order valence-corrected chi connectivity index (χ4v) is 10.0. The number of para-hydroxylation sites is 2. The minimum Gasteiger partial charge on any atom is -0.439 e. The van der Waals surface area contributed by atoms with Crippen LogP contribution in [-0.4, -0.2) is 4.57 Å². The largest absolute Gasteiger partial charge is 0.439 e. The fourth-order valence-electron chi connectivity index (χ4n) is 8.81. The van der Waals surface area contributed by atoms with Crippen LogP contribution in [0.5, 0.6) is 0 Å². The highest BCUT2D eigenvalue weighted by Crippen LogP contribution is 2.46. The molecule has 3 heterocycles. The van der Waals surface area contributed by atoms with Crippen molar-refractivity contribution in [2.24, 2.45) is 0 Å². The monoisotopic (exact) mass is 758 g/mol. The van der Waals surface area contributed by atoms with Gasteiger partial charge in [0.05, 0.1) is 21.3 Å². The van der Waals surface area contributed by atoms with Gasteiger partial charge in [-0.05, 0) is 106 Å². The molecular weight excluding hydrogens is 725 g/mol. The Morgan fingerprint density at radius 3 is 1.84 bits per heavy atom. The number of aromatic nitrogens is 1. The summed E-state index contributed by atoms with van der Waals surface area (Å²) in [4.78, 5) is 2.41. The number of rotatable bonds is 6. The number of furan rings is 1. The van der Waals surface area contributed by atoms with Crippen molar-refractivity contribution in [3.8, 4) is 27.9 Å². The summed E-state index contributed by atoms with van der Waals surface area (Å²) in [5, 5.41) is 8.52. The number of nitrogens with zero attached hydrogens (tertiary/aromatic N) is 2. The highest BCUT2D eigenvalue weighted by Gasteiger charge is 2.21. The topological polar surface area (TPSA) is 21.3 Å². The Bertz CT molecular complexity index is 3500. The van der Waals surface area contributed by atoms with Gasteiger partial charge in [-0.1, -0.05) is 133 Å². The van der Waals surface area contributed by atoms with Crippen molar-refractivity contribution in [2.75, 3.05) is 4.90 Å². The van der Waals surface area contributed by atoms with Gasteiger partial charge >= 0.3 is 0 Å². The molecule has 58 heavy (non-hydrogen) atoms. The van der Waals surface area contributed by atoms with Crippen LogP contribution >= 0.6 is 11.3 Å².